The molecule has 7 nitrogen and oxygen atoms in total. The fraction of sp³-hybridized carbons (Fsp3) is 0.583. The van der Waals surface area contributed by atoms with Crippen LogP contribution >= 0.6 is 0 Å². The van der Waals surface area contributed by atoms with E-state index in [1.165, 1.54) is 0 Å². The number of carbonyl (C=O) groups is 2. The number of urea groups is 1. The molecule has 0 aromatic carbocycles. The molecule has 0 aliphatic rings. The van der Waals surface area contributed by atoms with Crippen molar-refractivity contribution in [3.8, 4) is 0 Å². The van der Waals surface area contributed by atoms with Gasteiger partial charge >= 0.3 is 12.0 Å². The average Bonchev–Trinajstić information content (AvgIpc) is 2.87. The van der Waals surface area contributed by atoms with Crippen LogP contribution in [0.3, 0.4) is 0 Å². The van der Waals surface area contributed by atoms with E-state index < -0.39 is 5.97 Å². The van der Waals surface area contributed by atoms with Crippen LogP contribution in [-0.4, -0.2) is 40.2 Å². The monoisotopic (exact) mass is 268 g/mol. The second-order valence-electron chi connectivity index (χ2n) is 4.39. The predicted octanol–water partition coefficient (Wildman–Crippen LogP) is 0.752. The smallest absolute Gasteiger partial charge is 0.314 e. The number of H-pyrrole nitrogens is 1. The van der Waals surface area contributed by atoms with Gasteiger partial charge in [0.15, 0.2) is 0 Å². The van der Waals surface area contributed by atoms with Crippen molar-refractivity contribution >= 4 is 12.0 Å². The number of aromatic amines is 1. The summed E-state index contributed by atoms with van der Waals surface area (Å²) in [7, 11) is 0. The van der Waals surface area contributed by atoms with Crippen molar-refractivity contribution in [3.05, 3.63) is 18.2 Å². The summed E-state index contributed by atoms with van der Waals surface area (Å²) in [5.41, 5.74) is 0.968. The highest BCUT2D eigenvalue weighted by Crippen LogP contribution is 2.03. The van der Waals surface area contributed by atoms with Crippen LogP contribution in [0, 0.1) is 5.92 Å². The zero-order valence-electron chi connectivity index (χ0n) is 11.0. The Balaban J connectivity index is 2.00. The molecule has 2 amide bonds. The number of amides is 2. The van der Waals surface area contributed by atoms with Crippen LogP contribution in [0.5, 0.6) is 0 Å². The number of carboxylic acid groups (broad SMARTS) is 1. The molecule has 4 N–H and O–H groups in total. The first-order valence-corrected chi connectivity index (χ1v) is 6.31. The molecule has 1 rings (SSSR count). The molecule has 1 aromatic rings. The molecule has 0 aliphatic carbocycles. The summed E-state index contributed by atoms with van der Waals surface area (Å²) in [4.78, 5) is 28.8. The molecule has 19 heavy (non-hydrogen) atoms. The van der Waals surface area contributed by atoms with E-state index >= 15 is 0 Å². The van der Waals surface area contributed by atoms with Gasteiger partial charge in [-0.2, -0.15) is 0 Å². The van der Waals surface area contributed by atoms with Crippen LogP contribution < -0.4 is 10.6 Å². The van der Waals surface area contributed by atoms with E-state index in [-0.39, 0.29) is 11.9 Å². The summed E-state index contributed by atoms with van der Waals surface area (Å²) in [5.74, 6) is -1.17. The third-order valence-corrected chi connectivity index (χ3v) is 2.76. The van der Waals surface area contributed by atoms with Gasteiger partial charge in [-0.3, -0.25) is 4.79 Å². The van der Waals surface area contributed by atoms with Crippen LogP contribution in [0.15, 0.2) is 12.5 Å². The Morgan fingerprint density at radius 2 is 2.16 bits per heavy atom. The summed E-state index contributed by atoms with van der Waals surface area (Å²) in [5, 5.41) is 14.1. The molecule has 7 heteroatoms. The molecule has 106 valence electrons. The second-order valence-corrected chi connectivity index (χ2v) is 4.39. The summed E-state index contributed by atoms with van der Waals surface area (Å²) >= 11 is 0. The van der Waals surface area contributed by atoms with Crippen molar-refractivity contribution in [1.82, 2.24) is 20.6 Å². The normalized spacial score (nSPS) is 11.8. The van der Waals surface area contributed by atoms with E-state index in [4.69, 9.17) is 5.11 Å². The summed E-state index contributed by atoms with van der Waals surface area (Å²) in [6.07, 6.45) is 5.22. The highest BCUT2D eigenvalue weighted by molar-refractivity contribution is 5.73. The number of rotatable bonds is 8. The van der Waals surface area contributed by atoms with Gasteiger partial charge in [0.2, 0.25) is 0 Å². The van der Waals surface area contributed by atoms with Crippen molar-refractivity contribution < 1.29 is 14.7 Å². The molecule has 1 unspecified atom stereocenters. The lowest BCUT2D eigenvalue weighted by Gasteiger charge is -2.08. The summed E-state index contributed by atoms with van der Waals surface area (Å²) < 4.78 is 0. The molecule has 0 aliphatic heterocycles. The highest BCUT2D eigenvalue weighted by Gasteiger charge is 2.09. The molecule has 0 bridgehead atoms. The van der Waals surface area contributed by atoms with Gasteiger partial charge in [0, 0.05) is 31.4 Å². The molecule has 1 atom stereocenters. The Kier molecular flexibility index (Phi) is 6.42. The van der Waals surface area contributed by atoms with Gasteiger partial charge in [0.1, 0.15) is 0 Å². The lowest BCUT2D eigenvalue weighted by Crippen LogP contribution is -2.37. The number of aromatic nitrogens is 2. The van der Waals surface area contributed by atoms with E-state index in [1.807, 2.05) is 0 Å². The predicted molar refractivity (Wildman–Crippen MR) is 69.7 cm³/mol. The average molecular weight is 268 g/mol. The van der Waals surface area contributed by atoms with Gasteiger partial charge in [-0.05, 0) is 12.8 Å². The van der Waals surface area contributed by atoms with Crippen molar-refractivity contribution in [3.63, 3.8) is 0 Å². The minimum absolute atomic E-state index is 0.234. The lowest BCUT2D eigenvalue weighted by atomic mass is 10.1. The van der Waals surface area contributed by atoms with E-state index in [0.29, 0.717) is 32.4 Å². The van der Waals surface area contributed by atoms with Crippen LogP contribution in [0.4, 0.5) is 4.79 Å². The van der Waals surface area contributed by atoms with E-state index in [1.54, 1.807) is 19.4 Å². The minimum atomic E-state index is -0.802. The largest absolute Gasteiger partial charge is 0.481 e. The molecule has 0 radical (unpaired) electrons. The van der Waals surface area contributed by atoms with Crippen molar-refractivity contribution in [2.45, 2.75) is 26.2 Å². The Hall–Kier alpha value is -2.05. The number of carboxylic acids is 1. The fourth-order valence-corrected chi connectivity index (χ4v) is 1.53. The minimum Gasteiger partial charge on any atom is -0.481 e. The summed E-state index contributed by atoms with van der Waals surface area (Å²) in [6.45, 7) is 2.67. The van der Waals surface area contributed by atoms with Gasteiger partial charge < -0.3 is 20.7 Å². The molecular weight excluding hydrogens is 248 g/mol. The molecule has 0 saturated heterocycles. The zero-order valence-corrected chi connectivity index (χ0v) is 11.0. The third-order valence-electron chi connectivity index (χ3n) is 2.76. The second kappa shape index (κ2) is 8.12. The Labute approximate surface area is 111 Å². The van der Waals surface area contributed by atoms with E-state index in [0.717, 1.165) is 5.69 Å². The zero-order chi connectivity index (χ0) is 14.1. The standard InChI is InChI=1S/C12H20N4O3/c1-9(11(17)18)3-2-5-14-12(19)15-6-4-10-7-13-8-16-10/h7-9H,2-6H2,1H3,(H,13,16)(H,17,18)(H2,14,15,19). The molecule has 0 saturated carbocycles. The fourth-order valence-electron chi connectivity index (χ4n) is 1.53. The van der Waals surface area contributed by atoms with Crippen LogP contribution in [0.2, 0.25) is 0 Å². The number of carbonyl (C=O) groups excluding carboxylic acids is 1. The molecular formula is C12H20N4O3. The SMILES string of the molecule is CC(CCCNC(=O)NCCc1cnc[nH]1)C(=O)O. The molecule has 1 aromatic heterocycles. The maximum absolute atomic E-state index is 11.4. The Morgan fingerprint density at radius 3 is 2.79 bits per heavy atom. The lowest BCUT2D eigenvalue weighted by molar-refractivity contribution is -0.141. The molecule has 0 fully saturated rings. The van der Waals surface area contributed by atoms with Crippen LogP contribution in [0.1, 0.15) is 25.5 Å². The molecule has 1 heterocycles. The highest BCUT2D eigenvalue weighted by atomic mass is 16.4. The van der Waals surface area contributed by atoms with Gasteiger partial charge in [-0.25, -0.2) is 9.78 Å². The number of nitrogens with zero attached hydrogens (tertiary/aromatic N) is 1. The van der Waals surface area contributed by atoms with Crippen LogP contribution in [0.25, 0.3) is 0 Å². The number of hydrogen-bond acceptors (Lipinski definition) is 3. The number of aliphatic carboxylic acids is 1. The topological polar surface area (TPSA) is 107 Å². The number of hydrogen-bond donors (Lipinski definition) is 4. The summed E-state index contributed by atoms with van der Waals surface area (Å²) in [6, 6.07) is -0.234. The number of imidazole rings is 1. The van der Waals surface area contributed by atoms with Gasteiger partial charge in [-0.15, -0.1) is 0 Å². The maximum Gasteiger partial charge on any atom is 0.314 e. The Bertz CT molecular complexity index is 392. The van der Waals surface area contributed by atoms with E-state index in [9.17, 15) is 9.59 Å². The van der Waals surface area contributed by atoms with Gasteiger partial charge in [0.25, 0.3) is 0 Å². The van der Waals surface area contributed by atoms with Crippen molar-refractivity contribution in [1.29, 1.82) is 0 Å². The Morgan fingerprint density at radius 1 is 1.42 bits per heavy atom. The van der Waals surface area contributed by atoms with E-state index in [2.05, 4.69) is 20.6 Å². The first kappa shape index (κ1) is 15.0. The van der Waals surface area contributed by atoms with Crippen molar-refractivity contribution in [2.75, 3.05) is 13.1 Å². The number of nitrogens with one attached hydrogen (secondary N) is 3. The first-order chi connectivity index (χ1) is 9.09. The first-order valence-electron chi connectivity index (χ1n) is 6.31. The van der Waals surface area contributed by atoms with Crippen molar-refractivity contribution in [2.24, 2.45) is 5.92 Å². The quantitative estimate of drug-likeness (QED) is 0.522. The van der Waals surface area contributed by atoms with Crippen LogP contribution in [-0.2, 0) is 11.2 Å². The maximum atomic E-state index is 11.4. The van der Waals surface area contributed by atoms with Gasteiger partial charge in [0.05, 0.1) is 12.2 Å². The third kappa shape index (κ3) is 6.44. The van der Waals surface area contributed by atoms with Gasteiger partial charge in [-0.1, -0.05) is 6.92 Å². The molecule has 0 spiro atoms.